The van der Waals surface area contributed by atoms with Crippen LogP contribution in [0.3, 0.4) is 0 Å². The van der Waals surface area contributed by atoms with Gasteiger partial charge in [0, 0.05) is 29.1 Å². The summed E-state index contributed by atoms with van der Waals surface area (Å²) >= 11 is 1.52. The first-order valence-electron chi connectivity index (χ1n) is 13.0. The second-order valence-electron chi connectivity index (χ2n) is 9.88. The van der Waals surface area contributed by atoms with Gasteiger partial charge in [0.05, 0.1) is 5.69 Å². The largest absolute Gasteiger partial charge is 0.485 e. The predicted molar refractivity (Wildman–Crippen MR) is 156 cm³/mol. The fourth-order valence-electron chi connectivity index (χ4n) is 3.56. The van der Waals surface area contributed by atoms with Gasteiger partial charge in [-0.25, -0.2) is 15.2 Å². The van der Waals surface area contributed by atoms with Gasteiger partial charge in [0.25, 0.3) is 5.91 Å². The number of nitrogens with zero attached hydrogens (tertiary/aromatic N) is 2. The predicted octanol–water partition coefficient (Wildman–Crippen LogP) is 6.10. The summed E-state index contributed by atoms with van der Waals surface area (Å²) in [5.74, 6) is 0.539. The molecule has 0 radical (unpaired) electrons. The number of thioether (sulfide) groups is 1. The minimum atomic E-state index is -0.789. The highest BCUT2D eigenvalue weighted by atomic mass is 32.2. The summed E-state index contributed by atoms with van der Waals surface area (Å²) in [6.07, 6.45) is 2.63. The van der Waals surface area contributed by atoms with Crippen molar-refractivity contribution in [3.63, 3.8) is 0 Å². The number of carbonyl (C=O) groups is 2. The number of ether oxygens (including phenoxy) is 3. The van der Waals surface area contributed by atoms with Gasteiger partial charge in [-0.3, -0.25) is 15.2 Å². The molecule has 0 bridgehead atoms. The van der Waals surface area contributed by atoms with Crippen molar-refractivity contribution in [1.82, 2.24) is 20.8 Å². The maximum Gasteiger partial charge on any atom is 0.426 e. The highest BCUT2D eigenvalue weighted by Crippen LogP contribution is 2.36. The Morgan fingerprint density at radius 3 is 2.05 bits per heavy atom. The van der Waals surface area contributed by atoms with Crippen LogP contribution in [0.5, 0.6) is 11.5 Å². The first-order valence-corrected chi connectivity index (χ1v) is 13.9. The Kier molecular flexibility index (Phi) is 10.2. The van der Waals surface area contributed by atoms with Crippen LogP contribution in [0.2, 0.25) is 0 Å². The molecular weight excluding hydrogens is 540 g/mol. The highest BCUT2D eigenvalue weighted by molar-refractivity contribution is 7.98. The second-order valence-corrected chi connectivity index (χ2v) is 10.9. The molecule has 0 aliphatic heterocycles. The molecule has 0 saturated carbocycles. The van der Waals surface area contributed by atoms with Gasteiger partial charge < -0.3 is 14.2 Å². The summed E-state index contributed by atoms with van der Waals surface area (Å²) in [5.41, 5.74) is 6.38. The van der Waals surface area contributed by atoms with Crippen molar-refractivity contribution < 1.29 is 23.8 Å². The molecule has 2 N–H and O–H groups in total. The Balaban J connectivity index is 1.64. The van der Waals surface area contributed by atoms with Crippen LogP contribution in [0.15, 0.2) is 96.2 Å². The molecular formula is C31H32N4O5S. The number of benzene rings is 2. The molecule has 10 heteroatoms. The molecule has 2 aromatic heterocycles. The molecule has 0 fully saturated rings. The second kappa shape index (κ2) is 14.2. The number of rotatable bonds is 10. The van der Waals surface area contributed by atoms with Crippen LogP contribution < -0.4 is 20.3 Å². The monoisotopic (exact) mass is 572 g/mol. The Bertz CT molecular complexity index is 1370. The zero-order chi connectivity index (χ0) is 29.1. The quantitative estimate of drug-likeness (QED) is 0.173. The summed E-state index contributed by atoms with van der Waals surface area (Å²) in [6, 6.07) is 24.7. The van der Waals surface area contributed by atoms with Gasteiger partial charge in [-0.05, 0) is 44.0 Å². The molecule has 212 valence electrons. The molecule has 0 unspecified atom stereocenters. The number of amides is 2. The van der Waals surface area contributed by atoms with E-state index in [9.17, 15) is 9.59 Å². The molecule has 0 aliphatic carbocycles. The average molecular weight is 573 g/mol. The van der Waals surface area contributed by atoms with Gasteiger partial charge in [0.2, 0.25) is 0 Å². The van der Waals surface area contributed by atoms with Gasteiger partial charge in [0.1, 0.15) is 24.5 Å². The van der Waals surface area contributed by atoms with Gasteiger partial charge >= 0.3 is 6.09 Å². The molecule has 2 aromatic carbocycles. The Labute approximate surface area is 243 Å². The van der Waals surface area contributed by atoms with Crippen molar-refractivity contribution in [2.45, 2.75) is 50.2 Å². The van der Waals surface area contributed by atoms with Crippen LogP contribution >= 0.6 is 11.8 Å². The van der Waals surface area contributed by atoms with Crippen molar-refractivity contribution in [3.05, 3.63) is 114 Å². The van der Waals surface area contributed by atoms with E-state index >= 15 is 0 Å². The number of aromatic nitrogens is 2. The summed E-state index contributed by atoms with van der Waals surface area (Å²) in [6.45, 7) is 5.72. The zero-order valence-electron chi connectivity index (χ0n) is 23.1. The van der Waals surface area contributed by atoms with E-state index in [1.807, 2.05) is 72.8 Å². The lowest BCUT2D eigenvalue weighted by Crippen LogP contribution is -2.44. The van der Waals surface area contributed by atoms with Gasteiger partial charge in [-0.2, -0.15) is 0 Å². The van der Waals surface area contributed by atoms with E-state index in [1.165, 1.54) is 17.8 Å². The van der Waals surface area contributed by atoms with Crippen molar-refractivity contribution in [3.8, 4) is 11.5 Å². The van der Waals surface area contributed by atoms with Crippen LogP contribution in [-0.4, -0.2) is 27.6 Å². The Morgan fingerprint density at radius 1 is 0.829 bits per heavy atom. The smallest absolute Gasteiger partial charge is 0.426 e. The lowest BCUT2D eigenvalue weighted by molar-refractivity contribution is 0.0483. The zero-order valence-corrected chi connectivity index (χ0v) is 23.9. The maximum absolute atomic E-state index is 13.1. The number of nitrogens with one attached hydrogen (secondary N) is 2. The van der Waals surface area contributed by atoms with E-state index in [1.54, 1.807) is 33.2 Å². The van der Waals surface area contributed by atoms with Crippen molar-refractivity contribution in [2.75, 3.05) is 0 Å². The van der Waals surface area contributed by atoms with Crippen LogP contribution in [-0.2, 0) is 23.7 Å². The van der Waals surface area contributed by atoms with Crippen molar-refractivity contribution in [1.29, 1.82) is 0 Å². The fourth-order valence-corrected chi connectivity index (χ4v) is 4.38. The minimum Gasteiger partial charge on any atom is -0.485 e. The van der Waals surface area contributed by atoms with E-state index < -0.39 is 17.6 Å². The van der Waals surface area contributed by atoms with E-state index in [4.69, 9.17) is 14.2 Å². The van der Waals surface area contributed by atoms with Crippen LogP contribution in [0, 0.1) is 0 Å². The molecule has 4 aromatic rings. The summed E-state index contributed by atoms with van der Waals surface area (Å²) in [4.78, 5) is 34.9. The van der Waals surface area contributed by atoms with E-state index in [2.05, 4.69) is 20.8 Å². The lowest BCUT2D eigenvalue weighted by atomic mass is 10.2. The minimum absolute atomic E-state index is 0.0431. The molecule has 41 heavy (non-hydrogen) atoms. The first kappa shape index (κ1) is 29.4. The summed E-state index contributed by atoms with van der Waals surface area (Å²) < 4.78 is 17.7. The van der Waals surface area contributed by atoms with Crippen LogP contribution in [0.25, 0.3) is 0 Å². The highest BCUT2D eigenvalue weighted by Gasteiger charge is 2.22. The van der Waals surface area contributed by atoms with Crippen LogP contribution in [0.4, 0.5) is 4.79 Å². The van der Waals surface area contributed by atoms with Crippen LogP contribution in [0.1, 0.15) is 48.1 Å². The molecule has 4 rings (SSSR count). The van der Waals surface area contributed by atoms with Crippen molar-refractivity contribution in [2.24, 2.45) is 0 Å². The molecule has 2 heterocycles. The first-order chi connectivity index (χ1) is 19.8. The SMILES string of the molecule is CC(C)(C)OC(=O)NNC(=O)c1cc(OCc2ccccc2)c(OCc2ccccc2)c(CSc2ccncc2)n1. The Hall–Kier alpha value is -4.57. The maximum atomic E-state index is 13.1. The number of hydrogen-bond acceptors (Lipinski definition) is 8. The topological polar surface area (TPSA) is 112 Å². The molecule has 9 nitrogen and oxygen atoms in total. The number of hydrazine groups is 1. The number of carbonyl (C=O) groups excluding carboxylic acids is 2. The van der Waals surface area contributed by atoms with Gasteiger partial charge in [-0.1, -0.05) is 60.7 Å². The van der Waals surface area contributed by atoms with E-state index in [-0.39, 0.29) is 18.9 Å². The van der Waals surface area contributed by atoms with Gasteiger partial charge in [-0.15, -0.1) is 11.8 Å². The molecule has 0 spiro atoms. The van der Waals surface area contributed by atoms with E-state index in [0.29, 0.717) is 22.9 Å². The van der Waals surface area contributed by atoms with Gasteiger partial charge in [0.15, 0.2) is 11.5 Å². The average Bonchev–Trinajstić information content (AvgIpc) is 2.97. The number of hydrogen-bond donors (Lipinski definition) is 2. The summed E-state index contributed by atoms with van der Waals surface area (Å²) in [7, 11) is 0. The third-order valence-corrected chi connectivity index (χ3v) is 6.43. The Morgan fingerprint density at radius 2 is 1.44 bits per heavy atom. The summed E-state index contributed by atoms with van der Waals surface area (Å²) in [5, 5.41) is 0. The molecule has 0 atom stereocenters. The molecule has 2 amide bonds. The number of pyridine rings is 2. The van der Waals surface area contributed by atoms with Crippen molar-refractivity contribution >= 4 is 23.8 Å². The molecule has 0 saturated heterocycles. The normalized spacial score (nSPS) is 10.9. The lowest BCUT2D eigenvalue weighted by Gasteiger charge is -2.20. The third-order valence-electron chi connectivity index (χ3n) is 5.41. The third kappa shape index (κ3) is 9.54. The fraction of sp³-hybridized carbons (Fsp3) is 0.226. The molecule has 0 aliphatic rings. The standard InChI is InChI=1S/C31H32N4O5S/c1-31(2,3)40-30(37)35-34-29(36)25-18-27(38-19-22-10-6-4-7-11-22)28(39-20-23-12-8-5-9-13-23)26(33-25)21-41-24-14-16-32-17-15-24/h4-18H,19-21H2,1-3H3,(H,34,36)(H,35,37). The van der Waals surface area contributed by atoms with E-state index in [0.717, 1.165) is 16.0 Å².